The van der Waals surface area contributed by atoms with Crippen molar-refractivity contribution in [2.24, 2.45) is 5.10 Å². The molecular weight excluding hydrogens is 198 g/mol. The molecule has 84 valence electrons. The van der Waals surface area contributed by atoms with Crippen LogP contribution in [0.15, 0.2) is 5.10 Å². The molecule has 0 aromatic rings. The minimum Gasteiger partial charge on any atom is -0.394 e. The Morgan fingerprint density at radius 3 is 2.73 bits per heavy atom. The summed E-state index contributed by atoms with van der Waals surface area (Å²) in [6, 6.07) is 0. The number of rotatable bonds is 3. The van der Waals surface area contributed by atoms with E-state index in [2.05, 4.69) is 15.8 Å². The van der Waals surface area contributed by atoms with Crippen LogP contribution in [0.5, 0.6) is 0 Å². The van der Waals surface area contributed by atoms with Crippen LogP contribution in [0.4, 0.5) is 0 Å². The number of amides is 2. The van der Waals surface area contributed by atoms with E-state index < -0.39 is 5.54 Å². The summed E-state index contributed by atoms with van der Waals surface area (Å²) in [4.78, 5) is 22.4. The van der Waals surface area contributed by atoms with Gasteiger partial charge in [-0.1, -0.05) is 0 Å². The first-order valence-electron chi connectivity index (χ1n) is 4.73. The summed E-state index contributed by atoms with van der Waals surface area (Å²) in [5.41, 5.74) is 1.85. The van der Waals surface area contributed by atoms with Crippen molar-refractivity contribution >= 4 is 17.5 Å². The highest BCUT2D eigenvalue weighted by Gasteiger charge is 2.24. The average molecular weight is 213 g/mol. The van der Waals surface area contributed by atoms with Crippen molar-refractivity contribution < 1.29 is 14.7 Å². The minimum absolute atomic E-state index is 0.154. The van der Waals surface area contributed by atoms with Gasteiger partial charge >= 0.3 is 0 Å². The Bertz CT molecular complexity index is 310. The molecule has 0 bridgehead atoms. The second kappa shape index (κ2) is 4.39. The summed E-state index contributed by atoms with van der Waals surface area (Å²) in [6.07, 6.45) is 0.602. The van der Waals surface area contributed by atoms with Gasteiger partial charge in [0.05, 0.1) is 12.1 Å². The molecule has 1 heterocycles. The third-order valence-electron chi connectivity index (χ3n) is 2.01. The fourth-order valence-corrected chi connectivity index (χ4v) is 1.06. The van der Waals surface area contributed by atoms with Gasteiger partial charge in [-0.25, -0.2) is 5.43 Å². The SMILES string of the molecule is CC(C)(CO)NC(=O)C1=NNC(=O)CC1. The first-order chi connectivity index (χ1) is 6.94. The zero-order valence-electron chi connectivity index (χ0n) is 8.83. The van der Waals surface area contributed by atoms with E-state index in [1.165, 1.54) is 0 Å². The fraction of sp³-hybridized carbons (Fsp3) is 0.667. The van der Waals surface area contributed by atoms with Crippen molar-refractivity contribution in [1.82, 2.24) is 10.7 Å². The predicted molar refractivity (Wildman–Crippen MR) is 54.1 cm³/mol. The minimum atomic E-state index is -0.680. The van der Waals surface area contributed by atoms with Crippen molar-refractivity contribution in [2.45, 2.75) is 32.2 Å². The van der Waals surface area contributed by atoms with E-state index >= 15 is 0 Å². The highest BCUT2D eigenvalue weighted by molar-refractivity contribution is 6.39. The van der Waals surface area contributed by atoms with Crippen LogP contribution in [0.2, 0.25) is 0 Å². The maximum Gasteiger partial charge on any atom is 0.267 e. The number of carbonyl (C=O) groups is 2. The van der Waals surface area contributed by atoms with E-state index in [1.807, 2.05) is 0 Å². The van der Waals surface area contributed by atoms with E-state index in [9.17, 15) is 9.59 Å². The lowest BCUT2D eigenvalue weighted by molar-refractivity contribution is -0.121. The number of carbonyl (C=O) groups excluding carboxylic acids is 2. The number of aliphatic hydroxyl groups excluding tert-OH is 1. The third-order valence-corrected chi connectivity index (χ3v) is 2.01. The molecule has 3 N–H and O–H groups in total. The molecule has 0 fully saturated rings. The molecule has 15 heavy (non-hydrogen) atoms. The molecule has 6 heteroatoms. The van der Waals surface area contributed by atoms with Crippen molar-refractivity contribution in [3.05, 3.63) is 0 Å². The van der Waals surface area contributed by atoms with Gasteiger partial charge in [-0.15, -0.1) is 0 Å². The summed E-state index contributed by atoms with van der Waals surface area (Å²) in [6.45, 7) is 3.25. The van der Waals surface area contributed by atoms with Crippen molar-refractivity contribution in [3.8, 4) is 0 Å². The molecule has 0 saturated carbocycles. The molecule has 0 aromatic heterocycles. The molecule has 0 unspecified atom stereocenters. The van der Waals surface area contributed by atoms with Crippen LogP contribution in [-0.2, 0) is 9.59 Å². The maximum atomic E-state index is 11.6. The number of nitrogens with one attached hydrogen (secondary N) is 2. The van der Waals surface area contributed by atoms with Gasteiger partial charge in [0.2, 0.25) is 5.91 Å². The lowest BCUT2D eigenvalue weighted by Crippen LogP contribution is -2.49. The monoisotopic (exact) mass is 213 g/mol. The van der Waals surface area contributed by atoms with Gasteiger partial charge in [0.1, 0.15) is 5.71 Å². The highest BCUT2D eigenvalue weighted by Crippen LogP contribution is 2.04. The molecule has 6 nitrogen and oxygen atoms in total. The summed E-state index contributed by atoms with van der Waals surface area (Å²) < 4.78 is 0. The molecule has 0 aromatic carbocycles. The van der Waals surface area contributed by atoms with E-state index in [1.54, 1.807) is 13.8 Å². The zero-order chi connectivity index (χ0) is 11.5. The Kier molecular flexibility index (Phi) is 3.41. The van der Waals surface area contributed by atoms with Crippen LogP contribution >= 0.6 is 0 Å². The largest absolute Gasteiger partial charge is 0.394 e. The number of hydrogen-bond donors (Lipinski definition) is 3. The van der Waals surface area contributed by atoms with Gasteiger partial charge in [0.25, 0.3) is 5.91 Å². The summed E-state index contributed by atoms with van der Waals surface area (Å²) >= 11 is 0. The normalized spacial score (nSPS) is 16.7. The summed E-state index contributed by atoms with van der Waals surface area (Å²) in [5, 5.41) is 15.2. The van der Waals surface area contributed by atoms with Crippen LogP contribution in [0.3, 0.4) is 0 Å². The topological polar surface area (TPSA) is 90.8 Å². The van der Waals surface area contributed by atoms with Crippen LogP contribution < -0.4 is 10.7 Å². The predicted octanol–water partition coefficient (Wildman–Crippen LogP) is -0.860. The second-order valence-electron chi connectivity index (χ2n) is 4.09. The molecule has 0 spiro atoms. The molecule has 2 amide bonds. The average Bonchev–Trinajstić information content (AvgIpc) is 2.18. The summed E-state index contributed by atoms with van der Waals surface area (Å²) in [5.74, 6) is -0.540. The number of aliphatic hydroxyl groups is 1. The number of hydrazone groups is 1. The Morgan fingerprint density at radius 2 is 2.27 bits per heavy atom. The number of hydrogen-bond acceptors (Lipinski definition) is 4. The maximum absolute atomic E-state index is 11.6. The quantitative estimate of drug-likeness (QED) is 0.569. The first kappa shape index (κ1) is 11.6. The van der Waals surface area contributed by atoms with Gasteiger partial charge < -0.3 is 10.4 Å². The highest BCUT2D eigenvalue weighted by atomic mass is 16.3. The van der Waals surface area contributed by atoms with Crippen LogP contribution in [0.25, 0.3) is 0 Å². The van der Waals surface area contributed by atoms with Crippen molar-refractivity contribution in [1.29, 1.82) is 0 Å². The van der Waals surface area contributed by atoms with E-state index in [0.29, 0.717) is 6.42 Å². The zero-order valence-corrected chi connectivity index (χ0v) is 8.83. The molecule has 1 aliphatic rings. The van der Waals surface area contributed by atoms with Crippen molar-refractivity contribution in [2.75, 3.05) is 6.61 Å². The first-order valence-corrected chi connectivity index (χ1v) is 4.73. The van der Waals surface area contributed by atoms with Gasteiger partial charge in [-0.2, -0.15) is 5.10 Å². The van der Waals surface area contributed by atoms with Crippen LogP contribution in [-0.4, -0.2) is 34.8 Å². The second-order valence-corrected chi connectivity index (χ2v) is 4.09. The molecule has 0 aliphatic carbocycles. The molecule has 1 aliphatic heterocycles. The van der Waals surface area contributed by atoms with Crippen LogP contribution in [0, 0.1) is 0 Å². The van der Waals surface area contributed by atoms with Gasteiger partial charge in [-0.3, -0.25) is 9.59 Å². The Hall–Kier alpha value is -1.43. The van der Waals surface area contributed by atoms with E-state index in [4.69, 9.17) is 5.11 Å². The van der Waals surface area contributed by atoms with Gasteiger partial charge in [-0.05, 0) is 13.8 Å². The fourth-order valence-electron chi connectivity index (χ4n) is 1.06. The molecular formula is C9H15N3O3. The van der Waals surface area contributed by atoms with E-state index in [-0.39, 0.29) is 30.6 Å². The smallest absolute Gasteiger partial charge is 0.267 e. The van der Waals surface area contributed by atoms with E-state index in [0.717, 1.165) is 0 Å². The lowest BCUT2D eigenvalue weighted by Gasteiger charge is -2.24. The third kappa shape index (κ3) is 3.32. The molecule has 1 rings (SSSR count). The van der Waals surface area contributed by atoms with Crippen molar-refractivity contribution in [3.63, 3.8) is 0 Å². The Morgan fingerprint density at radius 1 is 1.60 bits per heavy atom. The Balaban J connectivity index is 2.58. The molecule has 0 radical (unpaired) electrons. The van der Waals surface area contributed by atoms with Crippen LogP contribution in [0.1, 0.15) is 26.7 Å². The molecule has 0 atom stereocenters. The molecule has 0 saturated heterocycles. The Labute approximate surface area is 87.7 Å². The van der Waals surface area contributed by atoms with Gasteiger partial charge in [0.15, 0.2) is 0 Å². The standard InChI is InChI=1S/C9H15N3O3/c1-9(2,5-13)10-8(15)6-3-4-7(14)12-11-6/h13H,3-5H2,1-2H3,(H,10,15)(H,12,14). The summed E-state index contributed by atoms with van der Waals surface area (Å²) in [7, 11) is 0. The van der Waals surface area contributed by atoms with Gasteiger partial charge in [0, 0.05) is 12.8 Å². The number of nitrogens with zero attached hydrogens (tertiary/aromatic N) is 1. The lowest BCUT2D eigenvalue weighted by atomic mass is 10.1.